The highest BCUT2D eigenvalue weighted by atomic mass is 35.5. The van der Waals surface area contributed by atoms with Crippen LogP contribution < -0.4 is 0 Å². The quantitative estimate of drug-likeness (QED) is 0.636. The lowest BCUT2D eigenvalue weighted by atomic mass is 10.3. The predicted octanol–water partition coefficient (Wildman–Crippen LogP) is 4.78. The third kappa shape index (κ3) is 2.79. The molecule has 0 fully saturated rings. The zero-order chi connectivity index (χ0) is 14.1. The summed E-state index contributed by atoms with van der Waals surface area (Å²) in [5.74, 6) is 1.15. The molecule has 0 saturated carbocycles. The van der Waals surface area contributed by atoms with Crippen LogP contribution in [0, 0.1) is 0 Å². The first-order valence-corrected chi connectivity index (χ1v) is 8.09. The van der Waals surface area contributed by atoms with Crippen LogP contribution in [0.25, 0.3) is 11.2 Å². The number of fused-ring (bicyclic) bond motifs is 1. The molecule has 0 atom stereocenters. The smallest absolute Gasteiger partial charge is 0.160 e. The average Bonchev–Trinajstić information content (AvgIpc) is 2.99. The molecule has 104 valence electrons. The molecule has 3 nitrogen and oxygen atoms in total. The molecule has 0 saturated heterocycles. The van der Waals surface area contributed by atoms with E-state index in [0.717, 1.165) is 34.3 Å². The van der Waals surface area contributed by atoms with Crippen LogP contribution in [0.4, 0.5) is 0 Å². The summed E-state index contributed by atoms with van der Waals surface area (Å²) in [6.07, 6.45) is 2.50. The maximum atomic E-state index is 5.97. The molecule has 3 heterocycles. The standard InChI is InChI=1S/C13H10Cl3N3S/c14-6-12-18-10-5-8(15)7-17-13(10)19(12)4-3-9-1-2-11(16)20-9/h1-2,5,7H,3-4,6H2. The number of halogens is 3. The van der Waals surface area contributed by atoms with Crippen LogP contribution >= 0.6 is 46.1 Å². The fraction of sp³-hybridized carbons (Fsp3) is 0.231. The highest BCUT2D eigenvalue weighted by Crippen LogP contribution is 2.24. The number of rotatable bonds is 4. The summed E-state index contributed by atoms with van der Waals surface area (Å²) in [5, 5.41) is 0.577. The number of pyridine rings is 1. The Kier molecular flexibility index (Phi) is 4.17. The van der Waals surface area contributed by atoms with E-state index in [2.05, 4.69) is 9.97 Å². The van der Waals surface area contributed by atoms with E-state index in [0.29, 0.717) is 10.9 Å². The van der Waals surface area contributed by atoms with Gasteiger partial charge in [0.05, 0.1) is 15.2 Å². The van der Waals surface area contributed by atoms with Crippen molar-refractivity contribution >= 4 is 57.3 Å². The number of thiophene rings is 1. The van der Waals surface area contributed by atoms with Crippen LogP contribution in [0.1, 0.15) is 10.7 Å². The van der Waals surface area contributed by atoms with Gasteiger partial charge in [-0.05, 0) is 24.6 Å². The minimum absolute atomic E-state index is 0.346. The van der Waals surface area contributed by atoms with Crippen molar-refractivity contribution in [3.8, 4) is 0 Å². The molecule has 0 bridgehead atoms. The Labute approximate surface area is 135 Å². The van der Waals surface area contributed by atoms with E-state index in [4.69, 9.17) is 34.8 Å². The number of aromatic nitrogens is 3. The van der Waals surface area contributed by atoms with Gasteiger partial charge in [0.15, 0.2) is 5.65 Å². The first-order valence-electron chi connectivity index (χ1n) is 5.98. The van der Waals surface area contributed by atoms with Crippen LogP contribution in [0.5, 0.6) is 0 Å². The van der Waals surface area contributed by atoms with Crippen molar-refractivity contribution in [2.75, 3.05) is 0 Å². The highest BCUT2D eigenvalue weighted by Gasteiger charge is 2.12. The summed E-state index contributed by atoms with van der Waals surface area (Å²) in [5.41, 5.74) is 1.59. The van der Waals surface area contributed by atoms with E-state index in [1.54, 1.807) is 23.6 Å². The van der Waals surface area contributed by atoms with Crippen molar-refractivity contribution in [2.24, 2.45) is 0 Å². The molecule has 0 amide bonds. The van der Waals surface area contributed by atoms with Crippen molar-refractivity contribution in [1.29, 1.82) is 0 Å². The number of imidazole rings is 1. The maximum absolute atomic E-state index is 5.97. The second kappa shape index (κ2) is 5.90. The molecule has 0 aliphatic heterocycles. The lowest BCUT2D eigenvalue weighted by Crippen LogP contribution is -2.05. The second-order valence-electron chi connectivity index (χ2n) is 4.27. The Hall–Kier alpha value is -0.810. The van der Waals surface area contributed by atoms with Gasteiger partial charge in [0.25, 0.3) is 0 Å². The summed E-state index contributed by atoms with van der Waals surface area (Å²) in [4.78, 5) is 10.1. The van der Waals surface area contributed by atoms with E-state index >= 15 is 0 Å². The van der Waals surface area contributed by atoms with Gasteiger partial charge in [-0.2, -0.15) is 0 Å². The molecule has 20 heavy (non-hydrogen) atoms. The van der Waals surface area contributed by atoms with Crippen LogP contribution in [-0.4, -0.2) is 14.5 Å². The fourth-order valence-corrected chi connectivity index (χ4v) is 3.51. The topological polar surface area (TPSA) is 30.7 Å². The van der Waals surface area contributed by atoms with E-state index in [1.807, 2.05) is 16.7 Å². The normalized spacial score (nSPS) is 11.3. The average molecular weight is 347 g/mol. The van der Waals surface area contributed by atoms with Gasteiger partial charge in [0.2, 0.25) is 0 Å². The lowest BCUT2D eigenvalue weighted by Gasteiger charge is -2.05. The monoisotopic (exact) mass is 345 g/mol. The van der Waals surface area contributed by atoms with Gasteiger partial charge >= 0.3 is 0 Å². The first kappa shape index (κ1) is 14.1. The van der Waals surface area contributed by atoms with Gasteiger partial charge in [-0.25, -0.2) is 9.97 Å². The summed E-state index contributed by atoms with van der Waals surface area (Å²) in [6, 6.07) is 5.75. The number of hydrogen-bond acceptors (Lipinski definition) is 3. The Morgan fingerprint density at radius 1 is 1.25 bits per heavy atom. The summed E-state index contributed by atoms with van der Waals surface area (Å²) in [6.45, 7) is 0.768. The van der Waals surface area contributed by atoms with Gasteiger partial charge in [0.1, 0.15) is 11.3 Å². The zero-order valence-corrected chi connectivity index (χ0v) is 13.4. The molecule has 0 aliphatic rings. The number of nitrogens with zero attached hydrogens (tertiary/aromatic N) is 3. The van der Waals surface area contributed by atoms with E-state index in [1.165, 1.54) is 4.88 Å². The number of alkyl halides is 1. The molecule has 0 aromatic carbocycles. The van der Waals surface area contributed by atoms with Gasteiger partial charge in [-0.1, -0.05) is 23.2 Å². The third-order valence-electron chi connectivity index (χ3n) is 2.96. The second-order valence-corrected chi connectivity index (χ2v) is 6.77. The first-order chi connectivity index (χ1) is 9.67. The predicted molar refractivity (Wildman–Crippen MR) is 85.1 cm³/mol. The Bertz CT molecular complexity index is 750. The lowest BCUT2D eigenvalue weighted by molar-refractivity contribution is 0.687. The summed E-state index contributed by atoms with van der Waals surface area (Å²) >= 11 is 19.4. The molecule has 3 aromatic heterocycles. The summed E-state index contributed by atoms with van der Waals surface area (Å²) < 4.78 is 2.84. The van der Waals surface area contributed by atoms with Gasteiger partial charge in [-0.15, -0.1) is 22.9 Å². The van der Waals surface area contributed by atoms with Crippen LogP contribution in [0.15, 0.2) is 24.4 Å². The van der Waals surface area contributed by atoms with E-state index in [-0.39, 0.29) is 0 Å². The van der Waals surface area contributed by atoms with E-state index in [9.17, 15) is 0 Å². The third-order valence-corrected chi connectivity index (χ3v) is 4.70. The number of hydrogen-bond donors (Lipinski definition) is 0. The van der Waals surface area contributed by atoms with Crippen molar-refractivity contribution < 1.29 is 0 Å². The fourth-order valence-electron chi connectivity index (χ4n) is 2.08. The molecule has 7 heteroatoms. The minimum Gasteiger partial charge on any atom is -0.311 e. The molecule has 3 aromatic rings. The van der Waals surface area contributed by atoms with Crippen LogP contribution in [0.3, 0.4) is 0 Å². The molecule has 3 rings (SSSR count). The van der Waals surface area contributed by atoms with Crippen molar-refractivity contribution in [2.45, 2.75) is 18.8 Å². The molecule has 0 spiro atoms. The van der Waals surface area contributed by atoms with Crippen molar-refractivity contribution in [1.82, 2.24) is 14.5 Å². The Balaban J connectivity index is 1.93. The van der Waals surface area contributed by atoms with Gasteiger partial charge in [0, 0.05) is 17.6 Å². The SMILES string of the molecule is ClCc1nc2cc(Cl)cnc2n1CCc1ccc(Cl)s1. The van der Waals surface area contributed by atoms with Crippen LogP contribution in [-0.2, 0) is 18.8 Å². The largest absolute Gasteiger partial charge is 0.311 e. The van der Waals surface area contributed by atoms with Crippen molar-refractivity contribution in [3.05, 3.63) is 44.5 Å². The zero-order valence-electron chi connectivity index (χ0n) is 10.3. The molecule has 0 N–H and O–H groups in total. The molecular weight excluding hydrogens is 337 g/mol. The minimum atomic E-state index is 0.346. The Morgan fingerprint density at radius 3 is 2.80 bits per heavy atom. The molecular formula is C13H10Cl3N3S. The summed E-state index contributed by atoms with van der Waals surface area (Å²) in [7, 11) is 0. The van der Waals surface area contributed by atoms with Crippen molar-refractivity contribution in [3.63, 3.8) is 0 Å². The van der Waals surface area contributed by atoms with Gasteiger partial charge < -0.3 is 4.57 Å². The van der Waals surface area contributed by atoms with Crippen LogP contribution in [0.2, 0.25) is 9.36 Å². The molecule has 0 unspecified atom stereocenters. The Morgan fingerprint density at radius 2 is 2.10 bits per heavy atom. The molecule has 0 radical (unpaired) electrons. The highest BCUT2D eigenvalue weighted by molar-refractivity contribution is 7.16. The van der Waals surface area contributed by atoms with Gasteiger partial charge in [-0.3, -0.25) is 0 Å². The molecule has 0 aliphatic carbocycles. The maximum Gasteiger partial charge on any atom is 0.160 e. The number of aryl methyl sites for hydroxylation is 2. The van der Waals surface area contributed by atoms with E-state index < -0.39 is 0 Å².